The highest BCUT2D eigenvalue weighted by atomic mass is 19.1. The number of pyridine rings is 1. The lowest BCUT2D eigenvalue weighted by molar-refractivity contribution is -0.136. The second-order valence-electron chi connectivity index (χ2n) is 8.61. The number of halogens is 2. The van der Waals surface area contributed by atoms with Crippen LogP contribution in [-0.2, 0) is 17.6 Å². The second kappa shape index (κ2) is 10.1. The smallest absolute Gasteiger partial charge is 0.307 e. The van der Waals surface area contributed by atoms with Crippen molar-refractivity contribution in [1.82, 2.24) is 10.3 Å². The topological polar surface area (TPSA) is 74.2 Å². The first-order chi connectivity index (χ1) is 15.9. The van der Waals surface area contributed by atoms with Crippen molar-refractivity contribution in [1.29, 1.82) is 0 Å². The molecule has 3 atom stereocenters. The summed E-state index contributed by atoms with van der Waals surface area (Å²) in [6.07, 6.45) is 1.62. The number of benzene rings is 2. The third kappa shape index (κ3) is 5.54. The van der Waals surface area contributed by atoms with Crippen molar-refractivity contribution in [3.8, 4) is 0 Å². The summed E-state index contributed by atoms with van der Waals surface area (Å²) in [7, 11) is 0. The number of carboxylic acid groups (broad SMARTS) is 1. The van der Waals surface area contributed by atoms with Crippen LogP contribution in [0.1, 0.15) is 41.3 Å². The Morgan fingerprint density at radius 2 is 1.97 bits per heavy atom. The van der Waals surface area contributed by atoms with Gasteiger partial charge in [0, 0.05) is 31.1 Å². The second-order valence-corrected chi connectivity index (χ2v) is 8.61. The third-order valence-electron chi connectivity index (χ3n) is 6.20. The monoisotopic (exact) mass is 451 g/mol. The molecule has 1 aromatic heterocycles. The van der Waals surface area contributed by atoms with Crippen LogP contribution in [0, 0.1) is 17.6 Å². The Bertz CT molecular complexity index is 1120. The molecule has 0 spiro atoms. The first-order valence-electron chi connectivity index (χ1n) is 11.1. The van der Waals surface area contributed by atoms with Gasteiger partial charge < -0.3 is 15.7 Å². The quantitative estimate of drug-likeness (QED) is 0.463. The van der Waals surface area contributed by atoms with Crippen LogP contribution in [0.15, 0.2) is 60.8 Å². The van der Waals surface area contributed by atoms with Gasteiger partial charge in [-0.3, -0.25) is 9.78 Å². The predicted octanol–water partition coefficient (Wildman–Crippen LogP) is 4.71. The van der Waals surface area contributed by atoms with E-state index in [4.69, 9.17) is 5.11 Å². The minimum Gasteiger partial charge on any atom is -0.481 e. The lowest BCUT2D eigenvalue weighted by Crippen LogP contribution is -2.37. The maximum atomic E-state index is 14.0. The van der Waals surface area contributed by atoms with E-state index < -0.39 is 11.8 Å². The molecule has 1 aliphatic heterocycles. The average molecular weight is 452 g/mol. The van der Waals surface area contributed by atoms with E-state index in [0.717, 1.165) is 22.5 Å². The summed E-state index contributed by atoms with van der Waals surface area (Å²) in [6.45, 7) is 3.34. The van der Waals surface area contributed by atoms with Gasteiger partial charge >= 0.3 is 5.97 Å². The van der Waals surface area contributed by atoms with E-state index in [1.54, 1.807) is 12.1 Å². The zero-order valence-electron chi connectivity index (χ0n) is 18.4. The molecule has 0 aliphatic carbocycles. The van der Waals surface area contributed by atoms with E-state index in [2.05, 4.69) is 27.8 Å². The fraction of sp³-hybridized carbons (Fsp3) is 0.308. The van der Waals surface area contributed by atoms with E-state index in [-0.39, 0.29) is 35.7 Å². The normalized spacial score (nSPS) is 17.0. The van der Waals surface area contributed by atoms with Crippen LogP contribution in [0.25, 0.3) is 0 Å². The standard InChI is InChI=1S/C26H27F2N3O2/c1-16(18-7-8-22(28)19(9-18)11-25(32)33)13-31-26(17-5-3-2-4-6-17)20-10-23-24(29-14-20)12-21(27)15-30-23/h2-9,12,15-16,20,26,29,31H,10-11,13-14H2,1H3,(H,32,33)/t16-,20+,26-/m1/s1. The zero-order chi connectivity index (χ0) is 23.4. The highest BCUT2D eigenvalue weighted by molar-refractivity contribution is 5.70. The van der Waals surface area contributed by atoms with Gasteiger partial charge in [0.1, 0.15) is 11.6 Å². The predicted molar refractivity (Wildman–Crippen MR) is 123 cm³/mol. The van der Waals surface area contributed by atoms with E-state index in [9.17, 15) is 13.6 Å². The third-order valence-corrected chi connectivity index (χ3v) is 6.20. The minimum atomic E-state index is -1.06. The first kappa shape index (κ1) is 22.9. The van der Waals surface area contributed by atoms with Gasteiger partial charge in [-0.2, -0.15) is 0 Å². The molecule has 0 amide bonds. The van der Waals surface area contributed by atoms with Gasteiger partial charge in [0.2, 0.25) is 0 Å². The molecular formula is C26H27F2N3O2. The summed E-state index contributed by atoms with van der Waals surface area (Å²) in [4.78, 5) is 15.3. The van der Waals surface area contributed by atoms with Gasteiger partial charge in [0.15, 0.2) is 0 Å². The number of hydrogen-bond donors (Lipinski definition) is 3. The highest BCUT2D eigenvalue weighted by Crippen LogP contribution is 2.32. The lowest BCUT2D eigenvalue weighted by atomic mass is 9.86. The van der Waals surface area contributed by atoms with Crippen molar-refractivity contribution in [3.63, 3.8) is 0 Å². The number of carbonyl (C=O) groups is 1. The van der Waals surface area contributed by atoms with Crippen molar-refractivity contribution >= 4 is 11.7 Å². The Morgan fingerprint density at radius 3 is 2.73 bits per heavy atom. The van der Waals surface area contributed by atoms with E-state index in [1.807, 2.05) is 25.1 Å². The molecular weight excluding hydrogens is 424 g/mol. The van der Waals surface area contributed by atoms with Crippen LogP contribution in [0.2, 0.25) is 0 Å². The summed E-state index contributed by atoms with van der Waals surface area (Å²) < 4.78 is 27.5. The van der Waals surface area contributed by atoms with Crippen LogP contribution in [0.3, 0.4) is 0 Å². The molecule has 172 valence electrons. The summed E-state index contributed by atoms with van der Waals surface area (Å²) in [5, 5.41) is 16.0. The van der Waals surface area contributed by atoms with Crippen LogP contribution >= 0.6 is 0 Å². The van der Waals surface area contributed by atoms with E-state index in [0.29, 0.717) is 19.5 Å². The molecule has 0 unspecified atom stereocenters. The van der Waals surface area contributed by atoms with Crippen molar-refractivity contribution in [2.45, 2.75) is 31.7 Å². The molecule has 0 saturated carbocycles. The number of hydrogen-bond acceptors (Lipinski definition) is 4. The van der Waals surface area contributed by atoms with Crippen LogP contribution in [0.4, 0.5) is 14.5 Å². The molecule has 0 bridgehead atoms. The largest absolute Gasteiger partial charge is 0.481 e. The van der Waals surface area contributed by atoms with Gasteiger partial charge in [0.25, 0.3) is 0 Å². The van der Waals surface area contributed by atoms with Gasteiger partial charge in [-0.15, -0.1) is 0 Å². The summed E-state index contributed by atoms with van der Waals surface area (Å²) >= 11 is 0. The number of nitrogens with zero attached hydrogens (tertiary/aromatic N) is 1. The molecule has 1 aliphatic rings. The molecule has 0 fully saturated rings. The van der Waals surface area contributed by atoms with Crippen LogP contribution in [-0.4, -0.2) is 29.1 Å². The number of carboxylic acids is 1. The number of anilines is 1. The molecule has 2 aromatic carbocycles. The van der Waals surface area contributed by atoms with E-state index >= 15 is 0 Å². The molecule has 4 rings (SSSR count). The van der Waals surface area contributed by atoms with Gasteiger partial charge in [0.05, 0.1) is 24.0 Å². The van der Waals surface area contributed by atoms with Crippen molar-refractivity contribution in [3.05, 3.63) is 94.8 Å². The number of nitrogens with one attached hydrogen (secondary N) is 2. The molecule has 0 saturated heterocycles. The van der Waals surface area contributed by atoms with Gasteiger partial charge in [-0.1, -0.05) is 49.4 Å². The molecule has 3 aromatic rings. The first-order valence-corrected chi connectivity index (χ1v) is 11.1. The highest BCUT2D eigenvalue weighted by Gasteiger charge is 2.28. The van der Waals surface area contributed by atoms with Crippen molar-refractivity contribution in [2.75, 3.05) is 18.4 Å². The molecule has 3 N–H and O–H groups in total. The van der Waals surface area contributed by atoms with Crippen LogP contribution in [0.5, 0.6) is 0 Å². The minimum absolute atomic E-state index is 0.0279. The van der Waals surface area contributed by atoms with E-state index in [1.165, 1.54) is 18.3 Å². The molecule has 33 heavy (non-hydrogen) atoms. The number of fused-ring (bicyclic) bond motifs is 1. The lowest BCUT2D eigenvalue weighted by Gasteiger charge is -2.33. The van der Waals surface area contributed by atoms with Crippen molar-refractivity contribution in [2.24, 2.45) is 5.92 Å². The van der Waals surface area contributed by atoms with Gasteiger partial charge in [-0.25, -0.2) is 8.78 Å². The summed E-state index contributed by atoms with van der Waals surface area (Å²) in [5.41, 5.74) is 3.81. The fourth-order valence-electron chi connectivity index (χ4n) is 4.42. The zero-order valence-corrected chi connectivity index (χ0v) is 18.4. The molecule has 7 heteroatoms. The molecule has 0 radical (unpaired) electrons. The summed E-state index contributed by atoms with van der Waals surface area (Å²) in [6, 6.07) is 16.3. The number of aliphatic carboxylic acids is 1. The molecule has 2 heterocycles. The Labute approximate surface area is 191 Å². The SMILES string of the molecule is C[C@H](CN[C@H](c1ccccc1)[C@@H]1CNc2cc(F)cnc2C1)c1ccc(F)c(CC(=O)O)c1. The van der Waals surface area contributed by atoms with Gasteiger partial charge in [-0.05, 0) is 35.1 Å². The Morgan fingerprint density at radius 1 is 1.18 bits per heavy atom. The number of rotatable bonds is 8. The Balaban J connectivity index is 1.51. The molecule has 5 nitrogen and oxygen atoms in total. The maximum absolute atomic E-state index is 14.0. The number of aromatic nitrogens is 1. The van der Waals surface area contributed by atoms with Crippen molar-refractivity contribution < 1.29 is 18.7 Å². The Kier molecular flexibility index (Phi) is 6.99. The maximum Gasteiger partial charge on any atom is 0.307 e. The Hall–Kier alpha value is -3.32. The summed E-state index contributed by atoms with van der Waals surface area (Å²) in [5.74, 6) is -1.67. The van der Waals surface area contributed by atoms with Crippen LogP contribution < -0.4 is 10.6 Å². The fourth-order valence-corrected chi connectivity index (χ4v) is 4.42. The average Bonchev–Trinajstić information content (AvgIpc) is 2.81.